The van der Waals surface area contributed by atoms with Crippen molar-refractivity contribution in [3.8, 4) is 0 Å². The number of aromatic nitrogens is 2. The minimum absolute atomic E-state index is 0.0286. The van der Waals surface area contributed by atoms with E-state index in [-0.39, 0.29) is 23.9 Å². The first-order valence-corrected chi connectivity index (χ1v) is 11.6. The number of anilines is 1. The van der Waals surface area contributed by atoms with Crippen molar-refractivity contribution < 1.29 is 9.59 Å². The molecule has 2 aromatic rings. The van der Waals surface area contributed by atoms with E-state index in [1.54, 1.807) is 6.20 Å². The zero-order valence-electron chi connectivity index (χ0n) is 18.1. The van der Waals surface area contributed by atoms with Gasteiger partial charge in [0.15, 0.2) is 0 Å². The minimum Gasteiger partial charge on any atom is -0.384 e. The Hall–Kier alpha value is -2.83. The molecule has 3 aliphatic heterocycles. The number of rotatable bonds is 6. The number of fused-ring (bicyclic) bond motifs is 3. The molecule has 5 rings (SSSR count). The van der Waals surface area contributed by atoms with Gasteiger partial charge in [-0.25, -0.2) is 0 Å². The lowest BCUT2D eigenvalue weighted by molar-refractivity contribution is -0.133. The molecule has 164 valence electrons. The average molecular weight is 422 g/mol. The quantitative estimate of drug-likeness (QED) is 0.752. The third kappa shape index (κ3) is 3.30. The summed E-state index contributed by atoms with van der Waals surface area (Å²) in [5, 5.41) is 10.8. The van der Waals surface area contributed by atoms with Gasteiger partial charge in [-0.3, -0.25) is 14.3 Å². The molecular weight excluding hydrogens is 390 g/mol. The van der Waals surface area contributed by atoms with E-state index in [2.05, 4.69) is 28.7 Å². The third-order valence-corrected chi connectivity index (χ3v) is 7.55. The molecule has 0 radical (unpaired) electrons. The van der Waals surface area contributed by atoms with Gasteiger partial charge in [0.1, 0.15) is 0 Å². The molecule has 2 amide bonds. The smallest absolute Gasteiger partial charge is 0.256 e. The second-order valence-corrected chi connectivity index (χ2v) is 9.07. The highest BCUT2D eigenvalue weighted by atomic mass is 16.2. The maximum Gasteiger partial charge on any atom is 0.256 e. The number of carbonyl (C=O) groups is 2. The SMILES string of the molecule is CC[C@]1(C(=O)NCCn2cccn2)C[C@H]2CC[C@@H]1N2C(=O)c1cccc2c1NCCC2. The molecule has 3 aliphatic rings. The second-order valence-electron chi connectivity index (χ2n) is 9.07. The first-order valence-electron chi connectivity index (χ1n) is 11.6. The van der Waals surface area contributed by atoms with Gasteiger partial charge in [-0.2, -0.15) is 5.10 Å². The maximum absolute atomic E-state index is 13.7. The Morgan fingerprint density at radius 1 is 1.29 bits per heavy atom. The number of hydrogen-bond donors (Lipinski definition) is 2. The lowest BCUT2D eigenvalue weighted by Crippen LogP contribution is -2.50. The Balaban J connectivity index is 1.35. The van der Waals surface area contributed by atoms with Crippen LogP contribution in [0.2, 0.25) is 0 Å². The fraction of sp³-hybridized carbons (Fsp3) is 0.542. The van der Waals surface area contributed by atoms with Crippen molar-refractivity contribution in [3.63, 3.8) is 0 Å². The highest BCUT2D eigenvalue weighted by molar-refractivity contribution is 6.02. The number of hydrogen-bond acceptors (Lipinski definition) is 4. The molecule has 0 spiro atoms. The Morgan fingerprint density at radius 3 is 3.00 bits per heavy atom. The molecule has 2 N–H and O–H groups in total. The lowest BCUT2D eigenvalue weighted by atomic mass is 9.71. The van der Waals surface area contributed by atoms with Gasteiger partial charge in [0.05, 0.1) is 23.2 Å². The fourth-order valence-corrected chi connectivity index (χ4v) is 5.99. The number of amides is 2. The molecule has 7 nitrogen and oxygen atoms in total. The molecule has 0 saturated carbocycles. The summed E-state index contributed by atoms with van der Waals surface area (Å²) in [5.74, 6) is 0.166. The van der Waals surface area contributed by atoms with Gasteiger partial charge in [-0.05, 0) is 56.2 Å². The molecule has 31 heavy (non-hydrogen) atoms. The zero-order chi connectivity index (χ0) is 21.4. The van der Waals surface area contributed by atoms with Crippen molar-refractivity contribution >= 4 is 17.5 Å². The number of nitrogens with zero attached hydrogens (tertiary/aromatic N) is 3. The Bertz CT molecular complexity index is 972. The summed E-state index contributed by atoms with van der Waals surface area (Å²) >= 11 is 0. The predicted molar refractivity (Wildman–Crippen MR) is 119 cm³/mol. The molecule has 3 atom stereocenters. The summed E-state index contributed by atoms with van der Waals surface area (Å²) in [5.41, 5.74) is 2.49. The van der Waals surface area contributed by atoms with E-state index in [0.717, 1.165) is 56.3 Å². The van der Waals surface area contributed by atoms with Crippen LogP contribution in [0.4, 0.5) is 5.69 Å². The first kappa shape index (κ1) is 20.1. The van der Waals surface area contributed by atoms with Crippen LogP contribution in [0.5, 0.6) is 0 Å². The van der Waals surface area contributed by atoms with Gasteiger partial charge < -0.3 is 15.5 Å². The molecular formula is C24H31N5O2. The summed E-state index contributed by atoms with van der Waals surface area (Å²) in [6.07, 6.45) is 9.14. The van der Waals surface area contributed by atoms with Gasteiger partial charge in [0.2, 0.25) is 5.91 Å². The van der Waals surface area contributed by atoms with Crippen LogP contribution in [-0.4, -0.2) is 51.7 Å². The van der Waals surface area contributed by atoms with Crippen LogP contribution in [0.1, 0.15) is 54.9 Å². The van der Waals surface area contributed by atoms with Crippen LogP contribution < -0.4 is 10.6 Å². The van der Waals surface area contributed by atoms with Crippen LogP contribution >= 0.6 is 0 Å². The van der Waals surface area contributed by atoms with Gasteiger partial charge in [-0.15, -0.1) is 0 Å². The Kier molecular flexibility index (Phi) is 5.20. The minimum atomic E-state index is -0.495. The first-order chi connectivity index (χ1) is 15.1. The van der Waals surface area contributed by atoms with Crippen molar-refractivity contribution in [2.75, 3.05) is 18.4 Å². The maximum atomic E-state index is 13.7. The van der Waals surface area contributed by atoms with E-state index in [1.807, 2.05) is 34.0 Å². The van der Waals surface area contributed by atoms with Crippen LogP contribution in [0.15, 0.2) is 36.7 Å². The van der Waals surface area contributed by atoms with Gasteiger partial charge in [0, 0.05) is 37.6 Å². The zero-order valence-corrected chi connectivity index (χ0v) is 18.1. The molecule has 0 unspecified atom stereocenters. The third-order valence-electron chi connectivity index (χ3n) is 7.55. The molecule has 7 heteroatoms. The van der Waals surface area contributed by atoms with Gasteiger partial charge >= 0.3 is 0 Å². The molecule has 2 fully saturated rings. The summed E-state index contributed by atoms with van der Waals surface area (Å²) in [6.45, 7) is 4.19. The average Bonchev–Trinajstić information content (AvgIpc) is 3.54. The number of nitrogens with one attached hydrogen (secondary N) is 2. The van der Waals surface area contributed by atoms with Crippen molar-refractivity contribution in [3.05, 3.63) is 47.8 Å². The van der Waals surface area contributed by atoms with Gasteiger partial charge in [0.25, 0.3) is 5.91 Å². The Labute approximate surface area is 183 Å². The summed E-state index contributed by atoms with van der Waals surface area (Å²) < 4.78 is 1.82. The van der Waals surface area contributed by atoms with E-state index < -0.39 is 5.41 Å². The number of aryl methyl sites for hydroxylation is 1. The summed E-state index contributed by atoms with van der Waals surface area (Å²) in [7, 11) is 0. The van der Waals surface area contributed by atoms with E-state index in [4.69, 9.17) is 0 Å². The second kappa shape index (κ2) is 8.02. The van der Waals surface area contributed by atoms with Crippen LogP contribution in [0.3, 0.4) is 0 Å². The largest absolute Gasteiger partial charge is 0.384 e. The standard InChI is InChI=1S/C24H31N5O2/c1-2-24(23(31)26-13-15-28-14-5-12-27-28)16-18-9-10-20(24)29(18)22(30)19-8-3-6-17-7-4-11-25-21(17)19/h3,5-6,8,12,14,18,20,25H,2,4,7,9-11,13,15-16H2,1H3,(H,26,31)/t18-,20+,24+/m1/s1. The van der Waals surface area contributed by atoms with E-state index in [1.165, 1.54) is 5.56 Å². The molecule has 0 aliphatic carbocycles. The van der Waals surface area contributed by atoms with Crippen LogP contribution in [0, 0.1) is 5.41 Å². The van der Waals surface area contributed by atoms with Gasteiger partial charge in [-0.1, -0.05) is 19.1 Å². The van der Waals surface area contributed by atoms with Crippen LogP contribution in [0.25, 0.3) is 0 Å². The van der Waals surface area contributed by atoms with E-state index in [0.29, 0.717) is 13.1 Å². The van der Waals surface area contributed by atoms with Crippen molar-refractivity contribution in [1.29, 1.82) is 0 Å². The summed E-state index contributed by atoms with van der Waals surface area (Å²) in [4.78, 5) is 29.1. The number of para-hydroxylation sites is 1. The normalized spacial score (nSPS) is 26.4. The Morgan fingerprint density at radius 2 is 2.19 bits per heavy atom. The molecule has 1 aromatic heterocycles. The topological polar surface area (TPSA) is 79.3 Å². The van der Waals surface area contributed by atoms with Crippen molar-refractivity contribution in [1.82, 2.24) is 20.0 Å². The lowest BCUT2D eigenvalue weighted by Gasteiger charge is -2.35. The number of benzene rings is 1. The molecule has 2 saturated heterocycles. The highest BCUT2D eigenvalue weighted by Gasteiger charge is 2.60. The summed E-state index contributed by atoms with van der Waals surface area (Å²) in [6, 6.07) is 8.04. The molecule has 1 aromatic carbocycles. The van der Waals surface area contributed by atoms with Crippen LogP contribution in [-0.2, 0) is 17.8 Å². The highest BCUT2D eigenvalue weighted by Crippen LogP contribution is 2.52. The molecule has 2 bridgehead atoms. The monoisotopic (exact) mass is 421 g/mol. The van der Waals surface area contributed by atoms with Crippen molar-refractivity contribution in [2.45, 2.75) is 64.1 Å². The predicted octanol–water partition coefficient (Wildman–Crippen LogP) is 2.83. The number of carbonyl (C=O) groups excluding carboxylic acids is 2. The van der Waals surface area contributed by atoms with Crippen molar-refractivity contribution in [2.24, 2.45) is 5.41 Å². The molecule has 4 heterocycles. The van der Waals surface area contributed by atoms with E-state index >= 15 is 0 Å². The van der Waals surface area contributed by atoms with E-state index in [9.17, 15) is 9.59 Å². The fourth-order valence-electron chi connectivity index (χ4n) is 5.99.